The highest BCUT2D eigenvalue weighted by Crippen LogP contribution is 2.21. The summed E-state index contributed by atoms with van der Waals surface area (Å²) in [5.74, 6) is -0.547. The number of benzene rings is 1. The van der Waals surface area contributed by atoms with Gasteiger partial charge in [-0.1, -0.05) is 18.2 Å². The van der Waals surface area contributed by atoms with Crippen LogP contribution in [0.2, 0.25) is 0 Å². The molecule has 1 N–H and O–H groups in total. The first-order chi connectivity index (χ1) is 15.4. The molecule has 0 bridgehead atoms. The number of nitrogens with one attached hydrogen (secondary N) is 1. The summed E-state index contributed by atoms with van der Waals surface area (Å²) in [7, 11) is 1.58. The van der Waals surface area contributed by atoms with Crippen LogP contribution in [0.15, 0.2) is 71.9 Å². The molecule has 9 heteroatoms. The van der Waals surface area contributed by atoms with Crippen LogP contribution in [0.25, 0.3) is 22.6 Å². The van der Waals surface area contributed by atoms with Crippen LogP contribution in [0.5, 0.6) is 0 Å². The summed E-state index contributed by atoms with van der Waals surface area (Å²) < 4.78 is 15.5. The average Bonchev–Trinajstić information content (AvgIpc) is 2.81. The van der Waals surface area contributed by atoms with E-state index in [0.717, 1.165) is 0 Å². The lowest BCUT2D eigenvalue weighted by Gasteiger charge is -2.17. The summed E-state index contributed by atoms with van der Waals surface area (Å²) in [5, 5.41) is 2.80. The fourth-order valence-corrected chi connectivity index (χ4v) is 3.23. The van der Waals surface area contributed by atoms with Crippen molar-refractivity contribution in [3.8, 4) is 22.6 Å². The van der Waals surface area contributed by atoms with Crippen molar-refractivity contribution in [1.29, 1.82) is 0 Å². The molecule has 1 unspecified atom stereocenters. The number of hydrogen-bond acceptors (Lipinski definition) is 6. The quantitative estimate of drug-likeness (QED) is 0.522. The Balaban J connectivity index is 1.61. The monoisotopic (exact) mass is 430 g/mol. The third-order valence-electron chi connectivity index (χ3n) is 4.88. The largest absolute Gasteiger partial charge is 0.341 e. The zero-order valence-corrected chi connectivity index (χ0v) is 17.4. The third kappa shape index (κ3) is 4.27. The molecule has 4 aromatic rings. The van der Waals surface area contributed by atoms with Gasteiger partial charge in [0, 0.05) is 24.9 Å². The normalized spacial score (nSPS) is 11.7. The Bertz CT molecular complexity index is 1340. The minimum Gasteiger partial charge on any atom is -0.341 e. The maximum Gasteiger partial charge on any atom is 0.270 e. The molecular weight excluding hydrogens is 411 g/mol. The third-order valence-corrected chi connectivity index (χ3v) is 4.88. The Kier molecular flexibility index (Phi) is 5.80. The van der Waals surface area contributed by atoms with E-state index < -0.39 is 17.8 Å². The lowest BCUT2D eigenvalue weighted by atomic mass is 10.1. The summed E-state index contributed by atoms with van der Waals surface area (Å²) in [6.45, 7) is 1.71. The molecule has 3 heterocycles. The Morgan fingerprint density at radius 1 is 1.03 bits per heavy atom. The number of carbonyl (C=O) groups is 1. The molecule has 32 heavy (non-hydrogen) atoms. The van der Waals surface area contributed by atoms with E-state index in [1.807, 2.05) is 0 Å². The van der Waals surface area contributed by atoms with Crippen LogP contribution in [-0.2, 0) is 7.05 Å². The standard InChI is InChI=1S/C23H19FN6O2/c1-14(22-29-20(12-21(31)30(22)2)18-10-11-25-13-26-18)27-23(32)19-9-5-8-17(28-19)15-6-3-4-7-16(15)24/h3-14H,1-2H3,(H,27,32). The van der Waals surface area contributed by atoms with Gasteiger partial charge < -0.3 is 5.32 Å². The van der Waals surface area contributed by atoms with E-state index in [1.165, 1.54) is 29.1 Å². The number of pyridine rings is 1. The fourth-order valence-electron chi connectivity index (χ4n) is 3.23. The second kappa shape index (κ2) is 8.84. The van der Waals surface area contributed by atoms with Crippen molar-refractivity contribution in [3.63, 3.8) is 0 Å². The first-order valence-corrected chi connectivity index (χ1v) is 9.81. The van der Waals surface area contributed by atoms with Crippen molar-refractivity contribution in [2.24, 2.45) is 7.05 Å². The zero-order valence-electron chi connectivity index (χ0n) is 17.4. The minimum absolute atomic E-state index is 0.120. The molecule has 160 valence electrons. The van der Waals surface area contributed by atoms with Crippen LogP contribution in [0, 0.1) is 5.82 Å². The molecule has 0 aliphatic heterocycles. The fraction of sp³-hybridized carbons (Fsp3) is 0.130. The number of aromatic nitrogens is 5. The molecule has 4 rings (SSSR count). The number of hydrogen-bond donors (Lipinski definition) is 1. The highest BCUT2D eigenvalue weighted by Gasteiger charge is 2.19. The van der Waals surface area contributed by atoms with Crippen LogP contribution < -0.4 is 10.9 Å². The van der Waals surface area contributed by atoms with Gasteiger partial charge in [0.2, 0.25) is 0 Å². The van der Waals surface area contributed by atoms with Crippen molar-refractivity contribution in [2.45, 2.75) is 13.0 Å². The van der Waals surface area contributed by atoms with Gasteiger partial charge >= 0.3 is 0 Å². The highest BCUT2D eigenvalue weighted by molar-refractivity contribution is 5.93. The van der Waals surface area contributed by atoms with Crippen LogP contribution >= 0.6 is 0 Å². The van der Waals surface area contributed by atoms with Gasteiger partial charge in [-0.15, -0.1) is 0 Å². The van der Waals surface area contributed by atoms with Gasteiger partial charge in [0.25, 0.3) is 11.5 Å². The number of nitrogens with zero attached hydrogens (tertiary/aromatic N) is 5. The van der Waals surface area contributed by atoms with E-state index >= 15 is 0 Å². The number of amides is 1. The van der Waals surface area contributed by atoms with Crippen LogP contribution in [-0.4, -0.2) is 30.4 Å². The second-order valence-corrected chi connectivity index (χ2v) is 7.07. The summed E-state index contributed by atoms with van der Waals surface area (Å²) in [6.07, 6.45) is 2.92. The van der Waals surface area contributed by atoms with E-state index in [-0.39, 0.29) is 11.3 Å². The van der Waals surface area contributed by atoms with Crippen molar-refractivity contribution in [3.05, 3.63) is 94.8 Å². The molecule has 8 nitrogen and oxygen atoms in total. The first kappa shape index (κ1) is 21.0. The molecule has 1 atom stereocenters. The van der Waals surface area contributed by atoms with E-state index in [2.05, 4.69) is 25.3 Å². The van der Waals surface area contributed by atoms with Crippen molar-refractivity contribution >= 4 is 5.91 Å². The lowest BCUT2D eigenvalue weighted by molar-refractivity contribution is 0.0932. The van der Waals surface area contributed by atoms with Gasteiger partial charge in [-0.25, -0.2) is 24.3 Å². The van der Waals surface area contributed by atoms with Crippen molar-refractivity contribution in [1.82, 2.24) is 29.8 Å². The van der Waals surface area contributed by atoms with E-state index in [0.29, 0.717) is 28.5 Å². The van der Waals surface area contributed by atoms with E-state index in [4.69, 9.17) is 0 Å². The van der Waals surface area contributed by atoms with Crippen LogP contribution in [0.1, 0.15) is 29.3 Å². The maximum absolute atomic E-state index is 14.1. The molecule has 1 aromatic carbocycles. The predicted molar refractivity (Wildman–Crippen MR) is 116 cm³/mol. The molecular formula is C23H19FN6O2. The molecule has 0 aliphatic carbocycles. The molecule has 3 aromatic heterocycles. The maximum atomic E-state index is 14.1. The number of rotatable bonds is 5. The molecule has 0 radical (unpaired) electrons. The van der Waals surface area contributed by atoms with Gasteiger partial charge in [0.15, 0.2) is 0 Å². The first-order valence-electron chi connectivity index (χ1n) is 9.81. The summed E-state index contributed by atoms with van der Waals surface area (Å²) in [4.78, 5) is 42.1. The average molecular weight is 430 g/mol. The smallest absolute Gasteiger partial charge is 0.270 e. The molecule has 0 saturated heterocycles. The second-order valence-electron chi connectivity index (χ2n) is 7.07. The summed E-state index contributed by atoms with van der Waals surface area (Å²) >= 11 is 0. The Morgan fingerprint density at radius 3 is 2.59 bits per heavy atom. The predicted octanol–water partition coefficient (Wildman–Crippen LogP) is 2.93. The van der Waals surface area contributed by atoms with Gasteiger partial charge in [-0.3, -0.25) is 14.2 Å². The van der Waals surface area contributed by atoms with Gasteiger partial charge in [0.05, 0.1) is 23.1 Å². The number of halogens is 1. The van der Waals surface area contributed by atoms with E-state index in [9.17, 15) is 14.0 Å². The van der Waals surface area contributed by atoms with Gasteiger partial charge in [-0.2, -0.15) is 0 Å². The topological polar surface area (TPSA) is 103 Å². The Hall–Kier alpha value is -4.27. The SMILES string of the molecule is CC(NC(=O)c1cccc(-c2ccccc2F)n1)c1nc(-c2ccncn2)cc(=O)n1C. The van der Waals surface area contributed by atoms with Crippen molar-refractivity contribution < 1.29 is 9.18 Å². The number of carbonyl (C=O) groups excluding carboxylic acids is 1. The van der Waals surface area contributed by atoms with Crippen molar-refractivity contribution in [2.75, 3.05) is 0 Å². The minimum atomic E-state index is -0.610. The zero-order chi connectivity index (χ0) is 22.7. The molecule has 0 saturated carbocycles. The van der Waals surface area contributed by atoms with Gasteiger partial charge in [-0.05, 0) is 37.3 Å². The Morgan fingerprint density at radius 2 is 1.84 bits per heavy atom. The van der Waals surface area contributed by atoms with Gasteiger partial charge in [0.1, 0.15) is 23.7 Å². The lowest BCUT2D eigenvalue weighted by Crippen LogP contribution is -2.33. The molecule has 0 aliphatic rings. The molecule has 0 fully saturated rings. The van der Waals surface area contributed by atoms with E-state index in [1.54, 1.807) is 56.6 Å². The summed E-state index contributed by atoms with van der Waals surface area (Å²) in [5.41, 5.74) is 1.36. The van der Waals surface area contributed by atoms with Crippen LogP contribution in [0.4, 0.5) is 4.39 Å². The molecule has 0 spiro atoms. The van der Waals surface area contributed by atoms with Crippen LogP contribution in [0.3, 0.4) is 0 Å². The highest BCUT2D eigenvalue weighted by atomic mass is 19.1. The summed E-state index contributed by atoms with van der Waals surface area (Å²) in [6, 6.07) is 13.4. The molecule has 1 amide bonds. The Labute approximate surface area is 182 Å².